The molecule has 0 saturated heterocycles. The van der Waals surface area contributed by atoms with Gasteiger partial charge in [-0.05, 0) is 20.8 Å². The van der Waals surface area contributed by atoms with Crippen LogP contribution < -0.4 is 5.73 Å². The lowest BCUT2D eigenvalue weighted by molar-refractivity contribution is 0.0624. The van der Waals surface area contributed by atoms with E-state index in [0.717, 1.165) is 0 Å². The highest BCUT2D eigenvalue weighted by Gasteiger charge is 2.33. The van der Waals surface area contributed by atoms with Gasteiger partial charge in [0, 0.05) is 17.8 Å². The minimum Gasteiger partial charge on any atom is -0.317 e. The Balaban J connectivity index is 2.97. The van der Waals surface area contributed by atoms with Gasteiger partial charge in [-0.15, -0.1) is 0 Å². The van der Waals surface area contributed by atoms with Gasteiger partial charge < -0.3 is 5.73 Å². The van der Waals surface area contributed by atoms with E-state index < -0.39 is 12.0 Å². The molecule has 5 heteroatoms. The minimum atomic E-state index is -2.59. The van der Waals surface area contributed by atoms with E-state index in [2.05, 4.69) is 5.10 Å². The third-order valence-corrected chi connectivity index (χ3v) is 2.21. The van der Waals surface area contributed by atoms with Crippen molar-refractivity contribution >= 4 is 0 Å². The molecule has 1 heterocycles. The van der Waals surface area contributed by atoms with E-state index in [1.165, 1.54) is 13.1 Å². The molecule has 0 saturated carbocycles. The summed E-state index contributed by atoms with van der Waals surface area (Å²) in [5.41, 5.74) is 4.24. The van der Waals surface area contributed by atoms with Crippen molar-refractivity contribution in [3.05, 3.63) is 18.0 Å². The van der Waals surface area contributed by atoms with Crippen molar-refractivity contribution in [2.24, 2.45) is 5.73 Å². The van der Waals surface area contributed by atoms with Crippen molar-refractivity contribution in [1.29, 1.82) is 0 Å². The number of alkyl halides is 2. The summed E-state index contributed by atoms with van der Waals surface area (Å²) >= 11 is 0. The third-order valence-electron chi connectivity index (χ3n) is 2.21. The summed E-state index contributed by atoms with van der Waals surface area (Å²) in [4.78, 5) is 0. The molecule has 0 spiro atoms. The number of nitrogens with zero attached hydrogens (tertiary/aromatic N) is 2. The molecule has 0 aromatic carbocycles. The van der Waals surface area contributed by atoms with Gasteiger partial charge in [-0.25, -0.2) is 8.78 Å². The maximum absolute atomic E-state index is 12.5. The molecule has 0 aliphatic carbocycles. The Kier molecular flexibility index (Phi) is 2.89. The summed E-state index contributed by atoms with van der Waals surface area (Å²) in [6.45, 7) is 5.15. The Morgan fingerprint density at radius 1 is 1.50 bits per heavy atom. The van der Waals surface area contributed by atoms with Crippen molar-refractivity contribution in [1.82, 2.24) is 9.78 Å². The third kappa shape index (κ3) is 1.92. The first-order valence-corrected chi connectivity index (χ1v) is 4.47. The summed E-state index contributed by atoms with van der Waals surface area (Å²) in [7, 11) is 0. The summed E-state index contributed by atoms with van der Waals surface area (Å²) < 4.78 is 26.7. The van der Waals surface area contributed by atoms with Crippen LogP contribution in [0.3, 0.4) is 0 Å². The SMILES string of the molecule is CC(C)n1cc(C(C)(N)C(F)F)cn1. The van der Waals surface area contributed by atoms with Gasteiger partial charge in [-0.3, -0.25) is 4.68 Å². The predicted molar refractivity (Wildman–Crippen MR) is 50.2 cm³/mol. The van der Waals surface area contributed by atoms with Crippen LogP contribution in [0, 0.1) is 0 Å². The zero-order valence-electron chi connectivity index (χ0n) is 8.54. The molecule has 2 N–H and O–H groups in total. The number of rotatable bonds is 3. The number of nitrogens with two attached hydrogens (primary N) is 1. The van der Waals surface area contributed by atoms with Gasteiger partial charge in [0.2, 0.25) is 0 Å². The second-order valence-electron chi connectivity index (χ2n) is 3.89. The average molecular weight is 203 g/mol. The maximum Gasteiger partial charge on any atom is 0.260 e. The molecule has 0 amide bonds. The van der Waals surface area contributed by atoms with Crippen molar-refractivity contribution in [3.8, 4) is 0 Å². The number of aromatic nitrogens is 2. The van der Waals surface area contributed by atoms with Gasteiger partial charge in [0.05, 0.1) is 6.20 Å². The van der Waals surface area contributed by atoms with E-state index >= 15 is 0 Å². The topological polar surface area (TPSA) is 43.8 Å². The van der Waals surface area contributed by atoms with Crippen LogP contribution in [0.25, 0.3) is 0 Å². The fraction of sp³-hybridized carbons (Fsp3) is 0.667. The molecular formula is C9H15F2N3. The Hall–Kier alpha value is -0.970. The normalized spacial score (nSPS) is 16.3. The molecule has 1 aromatic rings. The highest BCUT2D eigenvalue weighted by molar-refractivity contribution is 5.17. The van der Waals surface area contributed by atoms with Crippen LogP contribution in [0.2, 0.25) is 0 Å². The van der Waals surface area contributed by atoms with Gasteiger partial charge in [-0.1, -0.05) is 0 Å². The Bertz CT molecular complexity index is 305. The molecule has 1 aromatic heterocycles. The maximum atomic E-state index is 12.5. The van der Waals surface area contributed by atoms with Crippen LogP contribution >= 0.6 is 0 Å². The van der Waals surface area contributed by atoms with E-state index in [1.807, 2.05) is 13.8 Å². The molecule has 0 radical (unpaired) electrons. The Morgan fingerprint density at radius 2 is 2.07 bits per heavy atom. The van der Waals surface area contributed by atoms with Crippen molar-refractivity contribution in [3.63, 3.8) is 0 Å². The molecule has 0 bridgehead atoms. The first-order valence-electron chi connectivity index (χ1n) is 4.47. The molecule has 0 fully saturated rings. The van der Waals surface area contributed by atoms with Crippen LogP contribution in [0.1, 0.15) is 32.4 Å². The first kappa shape index (κ1) is 11.1. The quantitative estimate of drug-likeness (QED) is 0.815. The van der Waals surface area contributed by atoms with Gasteiger partial charge in [0.25, 0.3) is 6.43 Å². The molecule has 14 heavy (non-hydrogen) atoms. The van der Waals surface area contributed by atoms with Crippen molar-refractivity contribution in [2.75, 3.05) is 0 Å². The fourth-order valence-corrected chi connectivity index (χ4v) is 1.02. The highest BCUT2D eigenvalue weighted by Crippen LogP contribution is 2.25. The second-order valence-corrected chi connectivity index (χ2v) is 3.89. The molecule has 80 valence electrons. The lowest BCUT2D eigenvalue weighted by Gasteiger charge is -2.21. The van der Waals surface area contributed by atoms with Gasteiger partial charge in [-0.2, -0.15) is 5.10 Å². The fourth-order valence-electron chi connectivity index (χ4n) is 1.02. The summed E-state index contributed by atoms with van der Waals surface area (Å²) in [5, 5.41) is 3.97. The lowest BCUT2D eigenvalue weighted by Crippen LogP contribution is -2.40. The smallest absolute Gasteiger partial charge is 0.260 e. The molecular weight excluding hydrogens is 188 g/mol. The Labute approximate surface area is 81.9 Å². The Morgan fingerprint density at radius 3 is 2.43 bits per heavy atom. The predicted octanol–water partition coefficient (Wildman–Crippen LogP) is 1.90. The van der Waals surface area contributed by atoms with E-state index in [-0.39, 0.29) is 6.04 Å². The largest absolute Gasteiger partial charge is 0.317 e. The van der Waals surface area contributed by atoms with Crippen LogP contribution in [0.4, 0.5) is 8.78 Å². The molecule has 0 aliphatic rings. The highest BCUT2D eigenvalue weighted by atomic mass is 19.3. The lowest BCUT2D eigenvalue weighted by atomic mass is 9.97. The molecule has 0 aliphatic heterocycles. The first-order chi connectivity index (χ1) is 6.35. The van der Waals surface area contributed by atoms with Crippen LogP contribution in [-0.2, 0) is 5.54 Å². The van der Waals surface area contributed by atoms with Gasteiger partial charge >= 0.3 is 0 Å². The molecule has 1 rings (SSSR count). The zero-order chi connectivity index (χ0) is 10.9. The minimum absolute atomic E-state index is 0.150. The zero-order valence-corrected chi connectivity index (χ0v) is 8.54. The van der Waals surface area contributed by atoms with Gasteiger partial charge in [0.1, 0.15) is 5.54 Å². The van der Waals surface area contributed by atoms with E-state index in [0.29, 0.717) is 5.56 Å². The van der Waals surface area contributed by atoms with Crippen LogP contribution in [0.15, 0.2) is 12.4 Å². The summed E-state index contributed by atoms with van der Waals surface area (Å²) in [6.07, 6.45) is 0.371. The van der Waals surface area contributed by atoms with E-state index in [9.17, 15) is 8.78 Å². The van der Waals surface area contributed by atoms with E-state index in [1.54, 1.807) is 10.9 Å². The molecule has 1 unspecified atom stereocenters. The number of hydrogen-bond donors (Lipinski definition) is 1. The number of halogens is 2. The second kappa shape index (κ2) is 3.65. The average Bonchev–Trinajstić information content (AvgIpc) is 2.51. The monoisotopic (exact) mass is 203 g/mol. The van der Waals surface area contributed by atoms with Crippen molar-refractivity contribution in [2.45, 2.75) is 38.8 Å². The summed E-state index contributed by atoms with van der Waals surface area (Å²) in [6, 6.07) is 0.150. The molecule has 3 nitrogen and oxygen atoms in total. The van der Waals surface area contributed by atoms with Crippen LogP contribution in [0.5, 0.6) is 0 Å². The molecule has 1 atom stereocenters. The van der Waals surface area contributed by atoms with E-state index in [4.69, 9.17) is 5.73 Å². The van der Waals surface area contributed by atoms with Crippen LogP contribution in [-0.4, -0.2) is 16.2 Å². The van der Waals surface area contributed by atoms with Gasteiger partial charge in [0.15, 0.2) is 0 Å². The number of hydrogen-bond acceptors (Lipinski definition) is 2. The summed E-state index contributed by atoms with van der Waals surface area (Å²) in [5.74, 6) is 0. The van der Waals surface area contributed by atoms with Crippen molar-refractivity contribution < 1.29 is 8.78 Å². The standard InChI is InChI=1S/C9H15F2N3/c1-6(2)14-5-7(4-13-14)9(3,12)8(10)11/h4-6,8H,12H2,1-3H3.